The summed E-state index contributed by atoms with van der Waals surface area (Å²) in [5.41, 5.74) is 1.35. The molecule has 0 spiro atoms. The Bertz CT molecular complexity index is 316. The lowest BCUT2D eigenvalue weighted by molar-refractivity contribution is 0.242. The van der Waals surface area contributed by atoms with Gasteiger partial charge in [0, 0.05) is 6.04 Å². The summed E-state index contributed by atoms with van der Waals surface area (Å²) in [5.74, 6) is 0.983. The Morgan fingerprint density at radius 1 is 1.40 bits per heavy atom. The highest BCUT2D eigenvalue weighted by Crippen LogP contribution is 2.26. The zero-order chi connectivity index (χ0) is 10.7. The molecule has 1 aliphatic rings. The standard InChI is InChI=1S/C13H19NO/c1-10(2)15-12-6-3-5-11(9-12)13-7-4-8-14-13/h3,5-6,9-10,13-14H,4,7-8H2,1-2H3. The zero-order valence-corrected chi connectivity index (χ0v) is 9.49. The molecular weight excluding hydrogens is 186 g/mol. The Labute approximate surface area is 91.6 Å². The second-order valence-corrected chi connectivity index (χ2v) is 4.39. The normalized spacial score (nSPS) is 20.9. The third-order valence-electron chi connectivity index (χ3n) is 2.69. The Hall–Kier alpha value is -1.02. The molecule has 82 valence electrons. The van der Waals surface area contributed by atoms with E-state index in [1.807, 2.05) is 6.07 Å². The summed E-state index contributed by atoms with van der Waals surface area (Å²) in [6, 6.07) is 8.96. The van der Waals surface area contributed by atoms with E-state index in [9.17, 15) is 0 Å². The Kier molecular flexibility index (Phi) is 3.27. The molecule has 1 aromatic carbocycles. The first-order valence-corrected chi connectivity index (χ1v) is 5.76. The van der Waals surface area contributed by atoms with Gasteiger partial charge in [0.2, 0.25) is 0 Å². The van der Waals surface area contributed by atoms with E-state index in [4.69, 9.17) is 4.74 Å². The van der Waals surface area contributed by atoms with Gasteiger partial charge in [0.15, 0.2) is 0 Å². The number of hydrogen-bond acceptors (Lipinski definition) is 2. The minimum absolute atomic E-state index is 0.247. The van der Waals surface area contributed by atoms with Crippen molar-refractivity contribution in [1.29, 1.82) is 0 Å². The van der Waals surface area contributed by atoms with Gasteiger partial charge < -0.3 is 10.1 Å². The molecular formula is C13H19NO. The van der Waals surface area contributed by atoms with E-state index in [1.165, 1.54) is 18.4 Å². The van der Waals surface area contributed by atoms with Crippen molar-refractivity contribution in [2.45, 2.75) is 38.8 Å². The van der Waals surface area contributed by atoms with Crippen molar-refractivity contribution >= 4 is 0 Å². The Balaban J connectivity index is 2.11. The SMILES string of the molecule is CC(C)Oc1cccc(C2CCCN2)c1. The number of rotatable bonds is 3. The number of benzene rings is 1. The van der Waals surface area contributed by atoms with Crippen LogP contribution in [0.25, 0.3) is 0 Å². The van der Waals surface area contributed by atoms with Crippen LogP contribution in [0.3, 0.4) is 0 Å². The average Bonchev–Trinajstić information content (AvgIpc) is 2.69. The predicted octanol–water partition coefficient (Wildman–Crippen LogP) is 2.90. The van der Waals surface area contributed by atoms with Crippen LogP contribution in [0.1, 0.15) is 38.3 Å². The summed E-state index contributed by atoms with van der Waals surface area (Å²) in [6.45, 7) is 5.25. The van der Waals surface area contributed by atoms with Crippen molar-refractivity contribution in [3.05, 3.63) is 29.8 Å². The highest BCUT2D eigenvalue weighted by atomic mass is 16.5. The van der Waals surface area contributed by atoms with E-state index in [0.717, 1.165) is 12.3 Å². The van der Waals surface area contributed by atoms with Crippen LogP contribution >= 0.6 is 0 Å². The molecule has 2 rings (SSSR count). The summed E-state index contributed by atoms with van der Waals surface area (Å²) >= 11 is 0. The summed E-state index contributed by atoms with van der Waals surface area (Å²) < 4.78 is 5.69. The molecule has 0 radical (unpaired) electrons. The minimum Gasteiger partial charge on any atom is -0.491 e. The maximum absolute atomic E-state index is 5.69. The predicted molar refractivity (Wildman–Crippen MR) is 62.2 cm³/mol. The maximum atomic E-state index is 5.69. The zero-order valence-electron chi connectivity index (χ0n) is 9.49. The minimum atomic E-state index is 0.247. The number of nitrogens with one attached hydrogen (secondary N) is 1. The van der Waals surface area contributed by atoms with E-state index in [0.29, 0.717) is 6.04 Å². The fraction of sp³-hybridized carbons (Fsp3) is 0.538. The van der Waals surface area contributed by atoms with Crippen molar-refractivity contribution < 1.29 is 4.74 Å². The van der Waals surface area contributed by atoms with Crippen molar-refractivity contribution in [2.75, 3.05) is 6.54 Å². The monoisotopic (exact) mass is 205 g/mol. The smallest absolute Gasteiger partial charge is 0.120 e. The first-order valence-electron chi connectivity index (χ1n) is 5.76. The van der Waals surface area contributed by atoms with Gasteiger partial charge in [-0.05, 0) is 50.9 Å². The quantitative estimate of drug-likeness (QED) is 0.819. The van der Waals surface area contributed by atoms with E-state index >= 15 is 0 Å². The lowest BCUT2D eigenvalue weighted by Crippen LogP contribution is -2.13. The van der Waals surface area contributed by atoms with Gasteiger partial charge in [-0.25, -0.2) is 0 Å². The van der Waals surface area contributed by atoms with Crippen LogP contribution in [0, 0.1) is 0 Å². The Morgan fingerprint density at radius 2 is 2.27 bits per heavy atom. The highest BCUT2D eigenvalue weighted by Gasteiger charge is 2.16. The highest BCUT2D eigenvalue weighted by molar-refractivity contribution is 5.31. The molecule has 15 heavy (non-hydrogen) atoms. The number of hydrogen-bond donors (Lipinski definition) is 1. The maximum Gasteiger partial charge on any atom is 0.120 e. The molecule has 1 saturated heterocycles. The van der Waals surface area contributed by atoms with E-state index in [2.05, 4.69) is 37.4 Å². The van der Waals surface area contributed by atoms with Crippen LogP contribution in [0.15, 0.2) is 24.3 Å². The van der Waals surface area contributed by atoms with Crippen LogP contribution in [0.5, 0.6) is 5.75 Å². The van der Waals surface area contributed by atoms with Gasteiger partial charge >= 0.3 is 0 Å². The van der Waals surface area contributed by atoms with Gasteiger partial charge in [-0.15, -0.1) is 0 Å². The van der Waals surface area contributed by atoms with Crippen molar-refractivity contribution in [3.63, 3.8) is 0 Å². The molecule has 0 aromatic heterocycles. The van der Waals surface area contributed by atoms with Gasteiger partial charge in [-0.1, -0.05) is 12.1 Å². The van der Waals surface area contributed by atoms with E-state index in [1.54, 1.807) is 0 Å². The molecule has 0 bridgehead atoms. The van der Waals surface area contributed by atoms with Gasteiger partial charge in [-0.2, -0.15) is 0 Å². The van der Waals surface area contributed by atoms with E-state index in [-0.39, 0.29) is 6.10 Å². The first kappa shape index (κ1) is 10.5. The van der Waals surface area contributed by atoms with Crippen molar-refractivity contribution in [2.24, 2.45) is 0 Å². The molecule has 2 heteroatoms. The Morgan fingerprint density at radius 3 is 2.93 bits per heavy atom. The van der Waals surface area contributed by atoms with Crippen LogP contribution < -0.4 is 10.1 Å². The molecule has 1 aromatic rings. The van der Waals surface area contributed by atoms with Gasteiger partial charge in [0.1, 0.15) is 5.75 Å². The first-order chi connectivity index (χ1) is 7.25. The molecule has 0 aliphatic carbocycles. The molecule has 1 aliphatic heterocycles. The molecule has 1 heterocycles. The molecule has 1 atom stereocenters. The fourth-order valence-electron chi connectivity index (χ4n) is 2.05. The van der Waals surface area contributed by atoms with Gasteiger partial charge in [0.25, 0.3) is 0 Å². The van der Waals surface area contributed by atoms with Crippen molar-refractivity contribution in [1.82, 2.24) is 5.32 Å². The summed E-state index contributed by atoms with van der Waals surface area (Å²) in [5, 5.41) is 3.50. The molecule has 2 nitrogen and oxygen atoms in total. The molecule has 1 fully saturated rings. The largest absolute Gasteiger partial charge is 0.491 e. The molecule has 0 amide bonds. The lowest BCUT2D eigenvalue weighted by Gasteiger charge is -2.14. The van der Waals surface area contributed by atoms with Crippen LogP contribution in [-0.4, -0.2) is 12.6 Å². The second-order valence-electron chi connectivity index (χ2n) is 4.39. The molecule has 1 N–H and O–H groups in total. The topological polar surface area (TPSA) is 21.3 Å². The lowest BCUT2D eigenvalue weighted by atomic mass is 10.1. The van der Waals surface area contributed by atoms with Gasteiger partial charge in [0.05, 0.1) is 6.10 Å². The third kappa shape index (κ3) is 2.72. The molecule has 0 saturated carbocycles. The fourth-order valence-corrected chi connectivity index (χ4v) is 2.05. The van der Waals surface area contributed by atoms with Gasteiger partial charge in [-0.3, -0.25) is 0 Å². The van der Waals surface area contributed by atoms with Crippen LogP contribution in [0.4, 0.5) is 0 Å². The number of ether oxygens (including phenoxy) is 1. The molecule has 1 unspecified atom stereocenters. The average molecular weight is 205 g/mol. The van der Waals surface area contributed by atoms with Crippen molar-refractivity contribution in [3.8, 4) is 5.75 Å². The third-order valence-corrected chi connectivity index (χ3v) is 2.69. The van der Waals surface area contributed by atoms with Crippen LogP contribution in [-0.2, 0) is 0 Å². The van der Waals surface area contributed by atoms with Crippen LogP contribution in [0.2, 0.25) is 0 Å². The second kappa shape index (κ2) is 4.67. The summed E-state index contributed by atoms with van der Waals surface area (Å²) in [7, 11) is 0. The summed E-state index contributed by atoms with van der Waals surface area (Å²) in [6.07, 6.45) is 2.77. The summed E-state index contributed by atoms with van der Waals surface area (Å²) in [4.78, 5) is 0. The van der Waals surface area contributed by atoms with E-state index < -0.39 is 0 Å².